The SMILES string of the molecule is COc1cc(/C=C2\C(=O)N(c3ccccc3)N=C2C)ccc1OCc1ccc([N+](=O)[O-])cc1. The van der Waals surface area contributed by atoms with Crippen molar-refractivity contribution in [1.82, 2.24) is 0 Å². The molecule has 1 aliphatic rings. The van der Waals surface area contributed by atoms with Crippen LogP contribution < -0.4 is 14.5 Å². The number of non-ortho nitro benzene ring substituents is 1. The van der Waals surface area contributed by atoms with E-state index in [2.05, 4.69) is 5.10 Å². The zero-order valence-electron chi connectivity index (χ0n) is 18.1. The summed E-state index contributed by atoms with van der Waals surface area (Å²) in [6.07, 6.45) is 1.77. The molecule has 0 atom stereocenters. The Hall–Kier alpha value is -4.46. The van der Waals surface area contributed by atoms with Gasteiger partial charge in [0, 0.05) is 12.1 Å². The molecule has 0 aliphatic carbocycles. The number of ether oxygens (including phenoxy) is 2. The van der Waals surface area contributed by atoms with Crippen LogP contribution in [0, 0.1) is 10.1 Å². The fraction of sp³-hybridized carbons (Fsp3) is 0.120. The molecular formula is C25H21N3O5. The van der Waals surface area contributed by atoms with E-state index in [1.165, 1.54) is 24.3 Å². The van der Waals surface area contributed by atoms with E-state index in [0.717, 1.165) is 11.1 Å². The summed E-state index contributed by atoms with van der Waals surface area (Å²) >= 11 is 0. The van der Waals surface area contributed by atoms with Gasteiger partial charge in [-0.15, -0.1) is 0 Å². The third-order valence-electron chi connectivity index (χ3n) is 5.10. The molecule has 0 bridgehead atoms. The summed E-state index contributed by atoms with van der Waals surface area (Å²) in [4.78, 5) is 23.3. The van der Waals surface area contributed by atoms with Crippen LogP contribution in [0.3, 0.4) is 0 Å². The predicted molar refractivity (Wildman–Crippen MR) is 125 cm³/mol. The lowest BCUT2D eigenvalue weighted by Gasteiger charge is -2.12. The fourth-order valence-electron chi connectivity index (χ4n) is 3.36. The highest BCUT2D eigenvalue weighted by atomic mass is 16.6. The van der Waals surface area contributed by atoms with Crippen LogP contribution in [0.5, 0.6) is 11.5 Å². The average molecular weight is 443 g/mol. The number of hydrogen-bond donors (Lipinski definition) is 0. The minimum absolute atomic E-state index is 0.0276. The fourth-order valence-corrected chi connectivity index (χ4v) is 3.36. The molecule has 0 N–H and O–H groups in total. The largest absolute Gasteiger partial charge is 0.493 e. The molecule has 1 aliphatic heterocycles. The van der Waals surface area contributed by atoms with Gasteiger partial charge >= 0.3 is 0 Å². The number of amides is 1. The number of para-hydroxylation sites is 1. The Bertz CT molecular complexity index is 1250. The van der Waals surface area contributed by atoms with Crippen molar-refractivity contribution in [3.63, 3.8) is 0 Å². The normalized spacial score (nSPS) is 14.4. The quantitative estimate of drug-likeness (QED) is 0.291. The lowest BCUT2D eigenvalue weighted by atomic mass is 10.1. The number of nitro groups is 1. The van der Waals surface area contributed by atoms with Crippen molar-refractivity contribution in [2.45, 2.75) is 13.5 Å². The molecule has 3 aromatic carbocycles. The van der Waals surface area contributed by atoms with E-state index in [0.29, 0.717) is 28.5 Å². The molecule has 8 nitrogen and oxygen atoms in total. The second-order valence-corrected chi connectivity index (χ2v) is 7.32. The molecule has 166 valence electrons. The summed E-state index contributed by atoms with van der Waals surface area (Å²) in [5, 5.41) is 16.6. The van der Waals surface area contributed by atoms with E-state index in [-0.39, 0.29) is 18.2 Å². The van der Waals surface area contributed by atoms with Gasteiger partial charge in [-0.2, -0.15) is 10.1 Å². The van der Waals surface area contributed by atoms with Gasteiger partial charge in [-0.1, -0.05) is 24.3 Å². The van der Waals surface area contributed by atoms with E-state index in [9.17, 15) is 14.9 Å². The maximum atomic E-state index is 12.9. The molecule has 0 fully saturated rings. The third kappa shape index (κ3) is 4.74. The third-order valence-corrected chi connectivity index (χ3v) is 5.10. The number of hydrogen-bond acceptors (Lipinski definition) is 6. The first kappa shape index (κ1) is 21.8. The predicted octanol–water partition coefficient (Wildman–Crippen LogP) is 4.99. The number of nitro benzene ring substituents is 1. The number of carbonyl (C=O) groups excluding carboxylic acids is 1. The van der Waals surface area contributed by atoms with Crippen LogP contribution in [-0.2, 0) is 11.4 Å². The second kappa shape index (κ2) is 9.35. The molecule has 8 heteroatoms. The molecular weight excluding hydrogens is 422 g/mol. The highest BCUT2D eigenvalue weighted by Crippen LogP contribution is 2.31. The number of methoxy groups -OCH3 is 1. The molecule has 0 radical (unpaired) electrons. The Morgan fingerprint density at radius 2 is 1.76 bits per heavy atom. The maximum Gasteiger partial charge on any atom is 0.280 e. The van der Waals surface area contributed by atoms with Crippen molar-refractivity contribution < 1.29 is 19.2 Å². The zero-order valence-corrected chi connectivity index (χ0v) is 18.1. The first-order valence-electron chi connectivity index (χ1n) is 10.2. The van der Waals surface area contributed by atoms with E-state index in [4.69, 9.17) is 9.47 Å². The Kier molecular flexibility index (Phi) is 6.17. The molecule has 0 unspecified atom stereocenters. The molecule has 0 saturated carbocycles. The van der Waals surface area contributed by atoms with Crippen LogP contribution in [0.25, 0.3) is 6.08 Å². The standard InChI is InChI=1S/C25H21N3O5/c1-17-22(25(29)27(26-17)20-6-4-3-5-7-20)14-19-10-13-23(24(15-19)32-2)33-16-18-8-11-21(12-9-18)28(30)31/h3-15H,16H2,1-2H3/b22-14-. The first-order chi connectivity index (χ1) is 16.0. The Labute approximate surface area is 190 Å². The number of benzene rings is 3. The first-order valence-corrected chi connectivity index (χ1v) is 10.2. The van der Waals surface area contributed by atoms with Gasteiger partial charge in [0.05, 0.1) is 29.0 Å². The zero-order chi connectivity index (χ0) is 23.4. The highest BCUT2D eigenvalue weighted by Gasteiger charge is 2.28. The molecule has 33 heavy (non-hydrogen) atoms. The maximum absolute atomic E-state index is 12.9. The molecule has 0 spiro atoms. The lowest BCUT2D eigenvalue weighted by molar-refractivity contribution is -0.384. The summed E-state index contributed by atoms with van der Waals surface area (Å²) in [6.45, 7) is 2.02. The average Bonchev–Trinajstić information content (AvgIpc) is 3.12. The van der Waals surface area contributed by atoms with Crippen LogP contribution in [0.4, 0.5) is 11.4 Å². The Balaban J connectivity index is 1.51. The lowest BCUT2D eigenvalue weighted by Crippen LogP contribution is -2.21. The van der Waals surface area contributed by atoms with E-state index in [1.54, 1.807) is 37.3 Å². The Morgan fingerprint density at radius 1 is 1.03 bits per heavy atom. The van der Waals surface area contributed by atoms with Crippen molar-refractivity contribution in [3.8, 4) is 11.5 Å². The number of anilines is 1. The molecule has 1 heterocycles. The summed E-state index contributed by atoms with van der Waals surface area (Å²) in [6, 6.07) is 20.8. The molecule has 0 aromatic heterocycles. The van der Waals surface area contributed by atoms with Crippen LogP contribution >= 0.6 is 0 Å². The summed E-state index contributed by atoms with van der Waals surface area (Å²) in [5.41, 5.74) is 3.42. The molecule has 3 aromatic rings. The topological polar surface area (TPSA) is 94.3 Å². The van der Waals surface area contributed by atoms with Gasteiger partial charge in [-0.3, -0.25) is 14.9 Å². The second-order valence-electron chi connectivity index (χ2n) is 7.32. The van der Waals surface area contributed by atoms with E-state index in [1.807, 2.05) is 36.4 Å². The van der Waals surface area contributed by atoms with Gasteiger partial charge in [0.25, 0.3) is 11.6 Å². The summed E-state index contributed by atoms with van der Waals surface area (Å²) in [5.74, 6) is 0.828. The molecule has 0 saturated heterocycles. The van der Waals surface area contributed by atoms with Gasteiger partial charge in [0.1, 0.15) is 6.61 Å². The summed E-state index contributed by atoms with van der Waals surface area (Å²) in [7, 11) is 1.54. The van der Waals surface area contributed by atoms with Crippen LogP contribution in [0.15, 0.2) is 83.5 Å². The number of nitrogens with zero attached hydrogens (tertiary/aromatic N) is 3. The number of hydrazone groups is 1. The smallest absolute Gasteiger partial charge is 0.280 e. The van der Waals surface area contributed by atoms with Crippen LogP contribution in [0.1, 0.15) is 18.1 Å². The highest BCUT2D eigenvalue weighted by molar-refractivity contribution is 6.32. The van der Waals surface area contributed by atoms with E-state index < -0.39 is 4.92 Å². The Morgan fingerprint density at radius 3 is 2.42 bits per heavy atom. The van der Waals surface area contributed by atoms with Crippen molar-refractivity contribution >= 4 is 29.1 Å². The minimum Gasteiger partial charge on any atom is -0.493 e. The van der Waals surface area contributed by atoms with Crippen molar-refractivity contribution in [2.24, 2.45) is 5.10 Å². The van der Waals surface area contributed by atoms with Crippen molar-refractivity contribution in [2.75, 3.05) is 12.1 Å². The van der Waals surface area contributed by atoms with Gasteiger partial charge in [0.15, 0.2) is 11.5 Å². The van der Waals surface area contributed by atoms with Crippen molar-refractivity contribution in [3.05, 3.63) is 99.6 Å². The summed E-state index contributed by atoms with van der Waals surface area (Å²) < 4.78 is 11.3. The van der Waals surface area contributed by atoms with Crippen LogP contribution in [-0.4, -0.2) is 23.7 Å². The van der Waals surface area contributed by atoms with Gasteiger partial charge in [0.2, 0.25) is 0 Å². The molecule has 4 rings (SSSR count). The van der Waals surface area contributed by atoms with Gasteiger partial charge in [-0.05, 0) is 60.5 Å². The van der Waals surface area contributed by atoms with Crippen molar-refractivity contribution in [1.29, 1.82) is 0 Å². The van der Waals surface area contributed by atoms with Gasteiger partial charge in [-0.25, -0.2) is 0 Å². The monoisotopic (exact) mass is 443 g/mol. The van der Waals surface area contributed by atoms with E-state index >= 15 is 0 Å². The molecule has 1 amide bonds. The minimum atomic E-state index is -0.443. The van der Waals surface area contributed by atoms with Gasteiger partial charge < -0.3 is 9.47 Å². The number of rotatable bonds is 7. The number of carbonyl (C=O) groups is 1. The van der Waals surface area contributed by atoms with Crippen LogP contribution in [0.2, 0.25) is 0 Å².